The second-order valence-corrected chi connectivity index (χ2v) is 7.66. The largest absolute Gasteiger partial charge is 0.322 e. The van der Waals surface area contributed by atoms with Crippen LogP contribution < -0.4 is 5.32 Å². The normalized spacial score (nSPS) is 12.8. The first-order valence-corrected chi connectivity index (χ1v) is 9.58. The molecule has 2 aromatic heterocycles. The van der Waals surface area contributed by atoms with E-state index in [9.17, 15) is 4.79 Å². The molecule has 4 rings (SSSR count). The number of amides is 2. The minimum absolute atomic E-state index is 0.147. The Balaban J connectivity index is 1.44. The number of aromatic nitrogens is 3. The summed E-state index contributed by atoms with van der Waals surface area (Å²) in [5, 5.41) is 13.5. The number of thiazole rings is 1. The maximum Gasteiger partial charge on any atom is 0.321 e. The Bertz CT molecular complexity index is 945. The van der Waals surface area contributed by atoms with Gasteiger partial charge in [-0.2, -0.15) is 5.10 Å². The number of urea groups is 1. The highest BCUT2D eigenvalue weighted by Crippen LogP contribution is 2.25. The van der Waals surface area contributed by atoms with Gasteiger partial charge < -0.3 is 10.2 Å². The molecule has 0 spiro atoms. The standard InChI is InChI=1S/C19H21N5OS/c1-12-20-18(11-26-12)13-5-3-6-14(9-13)21-19(25)24(2)10-17-15-7-4-8-16(15)22-23-17/h3,5-6,9,11H,4,7-8,10H2,1-2H3,(H,21,25)(H,22,23). The Morgan fingerprint density at radius 3 is 3.08 bits per heavy atom. The van der Waals surface area contributed by atoms with Crippen LogP contribution in [0.5, 0.6) is 0 Å². The van der Waals surface area contributed by atoms with Gasteiger partial charge >= 0.3 is 6.03 Å². The fourth-order valence-corrected chi connectivity index (χ4v) is 3.91. The molecule has 0 fully saturated rings. The van der Waals surface area contributed by atoms with Gasteiger partial charge in [0.15, 0.2) is 0 Å². The summed E-state index contributed by atoms with van der Waals surface area (Å²) >= 11 is 1.62. The molecule has 0 unspecified atom stereocenters. The van der Waals surface area contributed by atoms with E-state index in [4.69, 9.17) is 0 Å². The minimum atomic E-state index is -0.147. The van der Waals surface area contributed by atoms with Gasteiger partial charge in [0.2, 0.25) is 0 Å². The highest BCUT2D eigenvalue weighted by Gasteiger charge is 2.20. The van der Waals surface area contributed by atoms with Crippen LogP contribution >= 0.6 is 11.3 Å². The molecule has 2 heterocycles. The van der Waals surface area contributed by atoms with E-state index in [-0.39, 0.29) is 6.03 Å². The Kier molecular flexibility index (Phi) is 4.46. The lowest BCUT2D eigenvalue weighted by Gasteiger charge is -2.17. The van der Waals surface area contributed by atoms with Crippen molar-refractivity contribution in [1.82, 2.24) is 20.1 Å². The fourth-order valence-electron chi connectivity index (χ4n) is 3.29. The number of H-pyrrole nitrogens is 1. The maximum absolute atomic E-state index is 12.6. The van der Waals surface area contributed by atoms with Crippen molar-refractivity contribution < 1.29 is 4.79 Å². The summed E-state index contributed by atoms with van der Waals surface area (Å²) in [4.78, 5) is 18.7. The summed E-state index contributed by atoms with van der Waals surface area (Å²) in [6.07, 6.45) is 3.27. The number of benzene rings is 1. The summed E-state index contributed by atoms with van der Waals surface area (Å²) in [6, 6.07) is 7.63. The first-order chi connectivity index (χ1) is 12.6. The number of aromatic amines is 1. The zero-order valence-electron chi connectivity index (χ0n) is 14.9. The smallest absolute Gasteiger partial charge is 0.321 e. The van der Waals surface area contributed by atoms with Gasteiger partial charge in [-0.15, -0.1) is 11.3 Å². The Morgan fingerprint density at radius 2 is 2.27 bits per heavy atom. The van der Waals surface area contributed by atoms with Gasteiger partial charge in [0.05, 0.1) is 22.9 Å². The van der Waals surface area contributed by atoms with Crippen LogP contribution in [0.15, 0.2) is 29.6 Å². The van der Waals surface area contributed by atoms with E-state index in [1.807, 2.05) is 36.6 Å². The summed E-state index contributed by atoms with van der Waals surface area (Å²) in [5.74, 6) is 0. The number of carbonyl (C=O) groups excluding carboxylic acids is 1. The third-order valence-corrected chi connectivity index (χ3v) is 5.43. The van der Waals surface area contributed by atoms with Crippen molar-refractivity contribution in [3.8, 4) is 11.3 Å². The number of nitrogens with zero attached hydrogens (tertiary/aromatic N) is 3. The molecule has 1 aliphatic rings. The Labute approximate surface area is 156 Å². The van der Waals surface area contributed by atoms with Gasteiger partial charge in [0.1, 0.15) is 0 Å². The van der Waals surface area contributed by atoms with Crippen LogP contribution in [0.4, 0.5) is 10.5 Å². The van der Waals surface area contributed by atoms with Crippen LogP contribution in [0, 0.1) is 6.92 Å². The van der Waals surface area contributed by atoms with E-state index in [0.717, 1.165) is 46.9 Å². The number of hydrogen-bond donors (Lipinski definition) is 2. The lowest BCUT2D eigenvalue weighted by atomic mass is 10.1. The molecule has 0 radical (unpaired) electrons. The molecule has 2 N–H and O–H groups in total. The van der Waals surface area contributed by atoms with E-state index in [2.05, 4.69) is 20.5 Å². The third-order valence-electron chi connectivity index (χ3n) is 4.65. The van der Waals surface area contributed by atoms with Crippen LogP contribution in [0.1, 0.15) is 28.4 Å². The van der Waals surface area contributed by atoms with E-state index in [1.54, 1.807) is 23.3 Å². The lowest BCUT2D eigenvalue weighted by Crippen LogP contribution is -2.31. The van der Waals surface area contributed by atoms with E-state index < -0.39 is 0 Å². The predicted octanol–water partition coefficient (Wildman–Crippen LogP) is 3.99. The summed E-state index contributed by atoms with van der Waals surface area (Å²) in [6.45, 7) is 2.49. The number of rotatable bonds is 4. The molecule has 0 atom stereocenters. The summed E-state index contributed by atoms with van der Waals surface area (Å²) in [7, 11) is 1.79. The number of aryl methyl sites for hydroxylation is 2. The average molecular weight is 367 g/mol. The van der Waals surface area contributed by atoms with Crippen LogP contribution in [-0.4, -0.2) is 33.2 Å². The van der Waals surface area contributed by atoms with Crippen molar-refractivity contribution in [2.24, 2.45) is 0 Å². The SMILES string of the molecule is Cc1nc(-c2cccc(NC(=O)N(C)Cc3n[nH]c4c3CCC4)c2)cs1. The number of nitrogens with one attached hydrogen (secondary N) is 2. The first-order valence-electron chi connectivity index (χ1n) is 8.70. The molecule has 1 aliphatic carbocycles. The molecule has 1 aromatic carbocycles. The van der Waals surface area contributed by atoms with E-state index in [1.165, 1.54) is 11.3 Å². The van der Waals surface area contributed by atoms with Crippen molar-refractivity contribution >= 4 is 23.1 Å². The average Bonchev–Trinajstić information content (AvgIpc) is 3.34. The van der Waals surface area contributed by atoms with Gasteiger partial charge in [0.25, 0.3) is 0 Å². The molecule has 0 saturated heterocycles. The summed E-state index contributed by atoms with van der Waals surface area (Å²) < 4.78 is 0. The van der Waals surface area contributed by atoms with Gasteiger partial charge in [-0.1, -0.05) is 12.1 Å². The van der Waals surface area contributed by atoms with E-state index in [0.29, 0.717) is 6.54 Å². The Hall–Kier alpha value is -2.67. The second kappa shape index (κ2) is 6.92. The quantitative estimate of drug-likeness (QED) is 0.732. The molecule has 0 aliphatic heterocycles. The van der Waals surface area contributed by atoms with Crippen LogP contribution in [-0.2, 0) is 19.4 Å². The Morgan fingerprint density at radius 1 is 1.38 bits per heavy atom. The van der Waals surface area contributed by atoms with Gasteiger partial charge in [-0.05, 0) is 43.9 Å². The van der Waals surface area contributed by atoms with Crippen LogP contribution in [0.2, 0.25) is 0 Å². The molecular weight excluding hydrogens is 346 g/mol. The molecule has 6 nitrogen and oxygen atoms in total. The molecule has 134 valence electrons. The van der Waals surface area contributed by atoms with Gasteiger partial charge in [0, 0.05) is 29.4 Å². The lowest BCUT2D eigenvalue weighted by molar-refractivity contribution is 0.220. The highest BCUT2D eigenvalue weighted by atomic mass is 32.1. The zero-order chi connectivity index (χ0) is 18.1. The molecular formula is C19H21N5OS. The fraction of sp³-hybridized carbons (Fsp3) is 0.316. The van der Waals surface area contributed by atoms with E-state index >= 15 is 0 Å². The third kappa shape index (κ3) is 3.35. The first kappa shape index (κ1) is 16.8. The molecule has 26 heavy (non-hydrogen) atoms. The minimum Gasteiger partial charge on any atom is -0.322 e. The van der Waals surface area contributed by atoms with Gasteiger partial charge in [-0.25, -0.2) is 9.78 Å². The topological polar surface area (TPSA) is 73.9 Å². The second-order valence-electron chi connectivity index (χ2n) is 6.60. The highest BCUT2D eigenvalue weighted by molar-refractivity contribution is 7.09. The number of anilines is 1. The molecule has 2 amide bonds. The van der Waals surface area contributed by atoms with Crippen LogP contribution in [0.25, 0.3) is 11.3 Å². The number of hydrogen-bond acceptors (Lipinski definition) is 4. The maximum atomic E-state index is 12.6. The van der Waals surface area contributed by atoms with Crippen molar-refractivity contribution in [3.05, 3.63) is 51.6 Å². The molecule has 0 saturated carbocycles. The number of carbonyl (C=O) groups is 1. The zero-order valence-corrected chi connectivity index (χ0v) is 15.7. The van der Waals surface area contributed by atoms with Gasteiger partial charge in [-0.3, -0.25) is 5.10 Å². The summed E-state index contributed by atoms with van der Waals surface area (Å²) in [5.41, 5.74) is 6.17. The van der Waals surface area contributed by atoms with Crippen molar-refractivity contribution in [2.75, 3.05) is 12.4 Å². The monoisotopic (exact) mass is 367 g/mol. The molecule has 0 bridgehead atoms. The van der Waals surface area contributed by atoms with Crippen LogP contribution in [0.3, 0.4) is 0 Å². The van der Waals surface area contributed by atoms with Crippen molar-refractivity contribution in [1.29, 1.82) is 0 Å². The molecule has 3 aromatic rings. The van der Waals surface area contributed by atoms with Crippen molar-refractivity contribution in [3.63, 3.8) is 0 Å². The van der Waals surface area contributed by atoms with Crippen molar-refractivity contribution in [2.45, 2.75) is 32.7 Å². The number of fused-ring (bicyclic) bond motifs is 1. The molecule has 7 heteroatoms. The predicted molar refractivity (Wildman–Crippen MR) is 103 cm³/mol.